The Bertz CT molecular complexity index is 2200. The fourth-order valence-corrected chi connectivity index (χ4v) is 7.71. The Morgan fingerprint density at radius 3 is 2.25 bits per heavy atom. The lowest BCUT2D eigenvalue weighted by Crippen LogP contribution is -2.37. The van der Waals surface area contributed by atoms with Gasteiger partial charge in [0.15, 0.2) is 23.9 Å². The first kappa shape index (κ1) is 47.0. The molecule has 2 aromatic carbocycles. The monoisotopic (exact) mass is 926 g/mol. The third-order valence-corrected chi connectivity index (χ3v) is 11.2. The highest BCUT2D eigenvalue weighted by Gasteiger charge is 2.39. The number of carboxylic acids is 1. The molecule has 1 aliphatic carbocycles. The second-order valence-electron chi connectivity index (χ2n) is 13.8. The molecule has 1 atom stereocenters. The first-order valence-electron chi connectivity index (χ1n) is 18.3. The number of alkyl halides is 5. The number of benzene rings is 2. The third-order valence-electron chi connectivity index (χ3n) is 9.21. The largest absolute Gasteiger partial charge is 0.619 e. The molecule has 2 N–H and O–H groups in total. The van der Waals surface area contributed by atoms with Gasteiger partial charge < -0.3 is 29.3 Å². The van der Waals surface area contributed by atoms with Gasteiger partial charge in [-0.2, -0.15) is 26.7 Å². The number of ether oxygens (including phenoxy) is 4. The number of morpholine rings is 1. The lowest BCUT2D eigenvalue weighted by atomic mass is 10.0. The van der Waals surface area contributed by atoms with Crippen molar-refractivity contribution in [3.63, 3.8) is 0 Å². The Kier molecular flexibility index (Phi) is 15.6. The van der Waals surface area contributed by atoms with Gasteiger partial charge >= 0.3 is 24.7 Å². The van der Waals surface area contributed by atoms with Crippen LogP contribution < -0.4 is 18.9 Å². The van der Waals surface area contributed by atoms with E-state index in [2.05, 4.69) is 14.4 Å². The van der Waals surface area contributed by atoms with Crippen LogP contribution in [0.4, 0.5) is 27.6 Å². The van der Waals surface area contributed by atoms with Crippen LogP contribution in [-0.4, -0.2) is 112 Å². The van der Waals surface area contributed by atoms with Crippen molar-refractivity contribution < 1.29 is 78.3 Å². The van der Waals surface area contributed by atoms with Gasteiger partial charge in [0.25, 0.3) is 11.8 Å². The summed E-state index contributed by atoms with van der Waals surface area (Å²) in [6, 6.07) is 7.84. The number of fused-ring (bicyclic) bond motifs is 1. The SMILES string of the molecule is O=C(CN1C(=O)c2ccc(NS(=O)(=O)CCCN3CCOCC3)cc2C1=O)O[C@@H](Cc1c(Cl)c[n+]([O-])cc1Cl)c1ccc(OC(F)F)c(OCC2CC2)c1.O=C(O)C(F)(F)F. The topological polar surface area (TPSA) is 205 Å². The van der Waals surface area contributed by atoms with E-state index in [1.165, 1.54) is 36.4 Å². The summed E-state index contributed by atoms with van der Waals surface area (Å²) in [6.07, 6.45) is -2.23. The standard InChI is InChI=1S/C35H36Cl2F2N4O10S.C2HF3O2/c36-27-17-42(47)18-28(37)26(27)16-30(22-4-7-29(53-35(38)39)31(14-22)51-20-21-2-3-21)52-32(44)19-43-33(45)24-6-5-23(15-25(24)34(43)46)40-54(48,49)13-1-8-41-9-11-50-12-10-41;3-2(4,5)1(6)7/h4-7,14-15,17-18,21,30,35,40H,1-3,8-13,16,19-20H2;(H,6,7)/t30-;/m0./s1. The normalized spacial score (nSPS) is 16.1. The van der Waals surface area contributed by atoms with Crippen molar-refractivity contribution in [1.29, 1.82) is 0 Å². The molecule has 0 bridgehead atoms. The summed E-state index contributed by atoms with van der Waals surface area (Å²) in [7, 11) is -3.79. The van der Waals surface area contributed by atoms with Crippen LogP contribution in [-0.2, 0) is 35.5 Å². The van der Waals surface area contributed by atoms with E-state index in [9.17, 15) is 50.0 Å². The number of nitrogens with zero attached hydrogens (tertiary/aromatic N) is 3. The molecule has 0 radical (unpaired) electrons. The minimum Gasteiger partial charge on any atom is -0.619 e. The van der Waals surface area contributed by atoms with Gasteiger partial charge in [-0.05, 0) is 67.6 Å². The number of carbonyl (C=O) groups excluding carboxylic acids is 3. The number of aromatic nitrogens is 1. The number of nitrogens with one attached hydrogen (secondary N) is 1. The van der Waals surface area contributed by atoms with Crippen LogP contribution in [0.3, 0.4) is 0 Å². The van der Waals surface area contributed by atoms with Crippen molar-refractivity contribution in [2.24, 2.45) is 5.92 Å². The van der Waals surface area contributed by atoms with E-state index in [0.29, 0.717) is 35.8 Å². The molecule has 1 saturated heterocycles. The van der Waals surface area contributed by atoms with Crippen LogP contribution in [0, 0.1) is 11.1 Å². The molecule has 1 aromatic heterocycles. The van der Waals surface area contributed by atoms with Crippen molar-refractivity contribution in [2.75, 3.05) is 56.5 Å². The Balaban J connectivity index is 0.000000925. The zero-order chi connectivity index (χ0) is 44.6. The van der Waals surface area contributed by atoms with Gasteiger partial charge in [-0.3, -0.25) is 28.9 Å². The maximum atomic E-state index is 13.5. The van der Waals surface area contributed by atoms with E-state index in [-0.39, 0.29) is 74.2 Å². The number of hydrogen-bond donors (Lipinski definition) is 2. The van der Waals surface area contributed by atoms with Crippen molar-refractivity contribution in [3.8, 4) is 11.5 Å². The number of amides is 2. The smallest absolute Gasteiger partial charge is 0.490 e. The van der Waals surface area contributed by atoms with Gasteiger partial charge in [0, 0.05) is 30.8 Å². The molecular weight excluding hydrogens is 890 g/mol. The molecule has 1 saturated carbocycles. The third kappa shape index (κ3) is 13.5. The van der Waals surface area contributed by atoms with E-state index >= 15 is 0 Å². The molecule has 3 aliphatic rings. The van der Waals surface area contributed by atoms with Crippen molar-refractivity contribution in [3.05, 3.63) is 86.3 Å². The van der Waals surface area contributed by atoms with Crippen molar-refractivity contribution in [1.82, 2.24) is 9.80 Å². The fourth-order valence-electron chi connectivity index (χ4n) is 6.02. The van der Waals surface area contributed by atoms with Crippen LogP contribution in [0.15, 0.2) is 48.8 Å². The Labute approximate surface area is 354 Å². The lowest BCUT2D eigenvalue weighted by Gasteiger charge is -2.26. The predicted octanol–water partition coefficient (Wildman–Crippen LogP) is 5.24. The molecule has 2 aliphatic heterocycles. The van der Waals surface area contributed by atoms with Gasteiger partial charge in [-0.15, -0.1) is 0 Å². The number of pyridine rings is 1. The van der Waals surface area contributed by atoms with Gasteiger partial charge in [0.05, 0.1) is 36.7 Å². The molecular formula is C37H37Cl2F5N4O12S. The Hall–Kier alpha value is -5.03. The Morgan fingerprint density at radius 2 is 1.64 bits per heavy atom. The average Bonchev–Trinajstić information content (AvgIpc) is 3.98. The number of esters is 1. The van der Waals surface area contributed by atoms with E-state index in [1.807, 2.05) is 0 Å². The molecule has 3 aromatic rings. The number of carboxylic acid groups (broad SMARTS) is 1. The zero-order valence-electron chi connectivity index (χ0n) is 31.7. The molecule has 61 heavy (non-hydrogen) atoms. The molecule has 3 heterocycles. The van der Waals surface area contributed by atoms with Gasteiger partial charge in [0.2, 0.25) is 10.0 Å². The summed E-state index contributed by atoms with van der Waals surface area (Å²) in [5, 5.41) is 18.9. The summed E-state index contributed by atoms with van der Waals surface area (Å²) >= 11 is 12.7. The van der Waals surface area contributed by atoms with Gasteiger partial charge in [-0.25, -0.2) is 13.2 Å². The highest BCUT2D eigenvalue weighted by atomic mass is 35.5. The first-order valence-corrected chi connectivity index (χ1v) is 20.7. The quantitative estimate of drug-likeness (QED) is 0.0586. The van der Waals surface area contributed by atoms with Crippen molar-refractivity contribution >= 4 is 62.7 Å². The minimum atomic E-state index is -5.08. The van der Waals surface area contributed by atoms with Gasteiger partial charge in [-0.1, -0.05) is 29.3 Å². The summed E-state index contributed by atoms with van der Waals surface area (Å²) in [5.41, 5.74) is 0.374. The first-order chi connectivity index (χ1) is 28.7. The number of anilines is 1. The minimum absolute atomic E-state index is 0.0349. The van der Waals surface area contributed by atoms with Crippen LogP contribution in [0.5, 0.6) is 11.5 Å². The van der Waals surface area contributed by atoms with Gasteiger partial charge in [0.1, 0.15) is 22.7 Å². The molecule has 24 heteroatoms. The molecule has 2 amide bonds. The van der Waals surface area contributed by atoms with E-state index < -0.39 is 59.2 Å². The highest BCUT2D eigenvalue weighted by molar-refractivity contribution is 7.92. The molecule has 0 unspecified atom stereocenters. The molecule has 2 fully saturated rings. The summed E-state index contributed by atoms with van der Waals surface area (Å²) in [5.74, 6) is -5.64. The van der Waals surface area contributed by atoms with E-state index in [0.717, 1.165) is 38.3 Å². The number of hydrogen-bond acceptors (Lipinski definition) is 12. The highest BCUT2D eigenvalue weighted by Crippen LogP contribution is 2.38. The van der Waals surface area contributed by atoms with Crippen LogP contribution in [0.2, 0.25) is 10.0 Å². The zero-order valence-corrected chi connectivity index (χ0v) is 34.0. The number of sulfonamides is 1. The maximum Gasteiger partial charge on any atom is 0.490 e. The lowest BCUT2D eigenvalue weighted by molar-refractivity contribution is -0.605. The van der Waals surface area contributed by atoms with Crippen LogP contribution in [0.25, 0.3) is 0 Å². The fraction of sp³-hybridized carbons (Fsp3) is 0.432. The average molecular weight is 928 g/mol. The Morgan fingerprint density at radius 1 is 1.00 bits per heavy atom. The van der Waals surface area contributed by atoms with E-state index in [1.54, 1.807) is 0 Å². The number of halogens is 7. The maximum absolute atomic E-state index is 13.5. The number of rotatable bonds is 17. The second-order valence-corrected chi connectivity index (χ2v) is 16.5. The van der Waals surface area contributed by atoms with Crippen LogP contribution >= 0.6 is 23.2 Å². The molecule has 332 valence electrons. The second kappa shape index (κ2) is 20.2. The molecule has 16 nitrogen and oxygen atoms in total. The number of aliphatic carboxylic acids is 1. The van der Waals surface area contributed by atoms with Crippen LogP contribution in [0.1, 0.15) is 57.2 Å². The summed E-state index contributed by atoms with van der Waals surface area (Å²) in [6.45, 7) is -0.531. The van der Waals surface area contributed by atoms with E-state index in [4.69, 9.17) is 47.3 Å². The summed E-state index contributed by atoms with van der Waals surface area (Å²) < 4.78 is 108. The van der Waals surface area contributed by atoms with Crippen molar-refractivity contribution in [2.45, 2.75) is 44.6 Å². The predicted molar refractivity (Wildman–Crippen MR) is 204 cm³/mol. The number of carbonyl (C=O) groups is 4. The number of imide groups is 1. The summed E-state index contributed by atoms with van der Waals surface area (Å²) in [4.78, 5) is 51.9. The molecule has 6 rings (SSSR count). The molecule has 0 spiro atoms.